The van der Waals surface area contributed by atoms with Crippen LogP contribution in [0.4, 0.5) is 5.69 Å². The number of aromatic nitrogens is 1. The summed E-state index contributed by atoms with van der Waals surface area (Å²) in [5.74, 6) is -0.316. The normalized spacial score (nSPS) is 17.6. The third-order valence-electron chi connectivity index (χ3n) is 6.72. The molecular formula is C26H34N2O5. The van der Waals surface area contributed by atoms with Crippen molar-refractivity contribution < 1.29 is 19.4 Å². The van der Waals surface area contributed by atoms with Crippen LogP contribution in [0, 0.1) is 5.41 Å². The summed E-state index contributed by atoms with van der Waals surface area (Å²) >= 11 is 0. The molecule has 1 atom stereocenters. The number of nitrogens with zero attached hydrogens (tertiary/aromatic N) is 2. The number of carboxylic acids is 1. The predicted molar refractivity (Wildman–Crippen MR) is 129 cm³/mol. The third-order valence-corrected chi connectivity index (χ3v) is 6.72. The molecule has 0 bridgehead atoms. The van der Waals surface area contributed by atoms with Gasteiger partial charge in [-0.15, -0.1) is 0 Å². The number of methoxy groups -OCH3 is 1. The van der Waals surface area contributed by atoms with Crippen LogP contribution in [0.2, 0.25) is 0 Å². The lowest BCUT2D eigenvalue weighted by Crippen LogP contribution is -2.33. The zero-order chi connectivity index (χ0) is 23.8. The molecule has 1 fully saturated rings. The van der Waals surface area contributed by atoms with Crippen LogP contribution >= 0.6 is 0 Å². The lowest BCUT2D eigenvalue weighted by atomic mass is 9.78. The van der Waals surface area contributed by atoms with Gasteiger partial charge in [-0.3, -0.25) is 4.79 Å². The van der Waals surface area contributed by atoms with Gasteiger partial charge in [0.1, 0.15) is 11.3 Å². The number of pyridine rings is 1. The first-order valence-corrected chi connectivity index (χ1v) is 11.7. The van der Waals surface area contributed by atoms with E-state index < -0.39 is 11.4 Å². The van der Waals surface area contributed by atoms with Crippen molar-refractivity contribution in [3.8, 4) is 17.0 Å². The van der Waals surface area contributed by atoms with E-state index in [0.717, 1.165) is 67.0 Å². The molecule has 0 spiro atoms. The van der Waals surface area contributed by atoms with Crippen LogP contribution < -0.4 is 15.1 Å². The zero-order valence-corrected chi connectivity index (χ0v) is 20.0. The maximum Gasteiger partial charge on any atom is 0.341 e. The van der Waals surface area contributed by atoms with Crippen LogP contribution in [0.5, 0.6) is 5.75 Å². The Morgan fingerprint density at radius 1 is 1.15 bits per heavy atom. The minimum Gasteiger partial charge on any atom is -0.491 e. The number of carboxylic acid groups (broad SMARTS) is 1. The molecule has 0 amide bonds. The first kappa shape index (κ1) is 23.4. The van der Waals surface area contributed by atoms with Crippen molar-refractivity contribution in [3.05, 3.63) is 45.7 Å². The summed E-state index contributed by atoms with van der Waals surface area (Å²) in [6.45, 7) is 9.61. The van der Waals surface area contributed by atoms with Gasteiger partial charge in [-0.05, 0) is 42.4 Å². The van der Waals surface area contributed by atoms with E-state index in [1.165, 1.54) is 12.3 Å². The Balaban J connectivity index is 1.86. The average Bonchev–Trinajstić information content (AvgIpc) is 3.29. The summed E-state index contributed by atoms with van der Waals surface area (Å²) in [7, 11) is 1.69. The zero-order valence-electron chi connectivity index (χ0n) is 20.0. The van der Waals surface area contributed by atoms with Crippen LogP contribution in [0.25, 0.3) is 11.3 Å². The number of aromatic carboxylic acids is 1. The van der Waals surface area contributed by atoms with E-state index in [-0.39, 0.29) is 17.0 Å². The Morgan fingerprint density at radius 3 is 2.52 bits per heavy atom. The number of hydrogen-bond acceptors (Lipinski definition) is 5. The Kier molecular flexibility index (Phi) is 6.52. The minimum absolute atomic E-state index is 0.0117. The summed E-state index contributed by atoms with van der Waals surface area (Å²) in [4.78, 5) is 26.7. The minimum atomic E-state index is -1.19. The second kappa shape index (κ2) is 9.21. The molecule has 33 heavy (non-hydrogen) atoms. The summed E-state index contributed by atoms with van der Waals surface area (Å²) < 4.78 is 13.4. The van der Waals surface area contributed by atoms with Crippen LogP contribution in [-0.2, 0) is 11.2 Å². The maximum atomic E-state index is 12.7. The van der Waals surface area contributed by atoms with Gasteiger partial charge in [0.25, 0.3) is 0 Å². The summed E-state index contributed by atoms with van der Waals surface area (Å²) in [5.41, 5.74) is 3.14. The van der Waals surface area contributed by atoms with Crippen LogP contribution in [0.15, 0.2) is 29.2 Å². The van der Waals surface area contributed by atoms with Gasteiger partial charge in [0.2, 0.25) is 0 Å². The van der Waals surface area contributed by atoms with Gasteiger partial charge in [-0.2, -0.15) is 0 Å². The fourth-order valence-corrected chi connectivity index (χ4v) is 4.94. The van der Waals surface area contributed by atoms with Crippen LogP contribution in [0.1, 0.15) is 62.0 Å². The highest BCUT2D eigenvalue weighted by Gasteiger charge is 2.34. The number of ether oxygens (including phenoxy) is 2. The summed E-state index contributed by atoms with van der Waals surface area (Å²) in [5, 5.41) is 9.55. The van der Waals surface area contributed by atoms with Crippen molar-refractivity contribution >= 4 is 11.7 Å². The molecule has 1 saturated heterocycles. The van der Waals surface area contributed by atoms with Crippen LogP contribution in [0.3, 0.4) is 0 Å². The van der Waals surface area contributed by atoms with Crippen molar-refractivity contribution in [2.75, 3.05) is 38.3 Å². The van der Waals surface area contributed by atoms with Crippen molar-refractivity contribution in [2.24, 2.45) is 5.41 Å². The van der Waals surface area contributed by atoms with E-state index in [1.807, 2.05) is 4.57 Å². The van der Waals surface area contributed by atoms with E-state index in [4.69, 9.17) is 9.47 Å². The maximum absolute atomic E-state index is 12.7. The highest BCUT2D eigenvalue weighted by molar-refractivity contribution is 5.88. The molecule has 0 saturated carbocycles. The number of benzene rings is 1. The SMILES string of the molecule is COCCCOc1cc2c(cc1N1CCCC1)-c1cc(=O)c(C(=O)O)cn1[C@@H](C(C)(C)C)C2. The van der Waals surface area contributed by atoms with Gasteiger partial charge in [0.15, 0.2) is 5.43 Å². The Labute approximate surface area is 194 Å². The van der Waals surface area contributed by atoms with Crippen molar-refractivity contribution in [3.63, 3.8) is 0 Å². The molecule has 3 heterocycles. The lowest BCUT2D eigenvalue weighted by Gasteiger charge is -2.39. The first-order chi connectivity index (χ1) is 15.7. The molecule has 2 aromatic rings. The molecule has 2 aliphatic rings. The van der Waals surface area contributed by atoms with Gasteiger partial charge in [0.05, 0.1) is 18.0 Å². The number of rotatable bonds is 7. The Morgan fingerprint density at radius 2 is 1.88 bits per heavy atom. The van der Waals surface area contributed by atoms with E-state index >= 15 is 0 Å². The Hall–Kier alpha value is -2.80. The fraction of sp³-hybridized carbons (Fsp3) is 0.538. The Bertz CT molecular complexity index is 1090. The molecular weight excluding hydrogens is 420 g/mol. The van der Waals surface area contributed by atoms with E-state index in [0.29, 0.717) is 13.2 Å². The second-order valence-corrected chi connectivity index (χ2v) is 10.1. The lowest BCUT2D eigenvalue weighted by molar-refractivity contribution is 0.0693. The number of carbonyl (C=O) groups is 1. The van der Waals surface area contributed by atoms with E-state index in [9.17, 15) is 14.7 Å². The monoisotopic (exact) mass is 454 g/mol. The predicted octanol–water partition coefficient (Wildman–Crippen LogP) is 4.37. The molecule has 7 heteroatoms. The fourth-order valence-electron chi connectivity index (χ4n) is 4.94. The van der Waals surface area contributed by atoms with Crippen molar-refractivity contribution in [1.29, 1.82) is 0 Å². The first-order valence-electron chi connectivity index (χ1n) is 11.7. The molecule has 7 nitrogen and oxygen atoms in total. The summed E-state index contributed by atoms with van der Waals surface area (Å²) in [6.07, 6.45) is 5.37. The number of fused-ring (bicyclic) bond motifs is 3. The third kappa shape index (κ3) is 4.64. The van der Waals surface area contributed by atoms with Gasteiger partial charge in [-0.1, -0.05) is 20.8 Å². The highest BCUT2D eigenvalue weighted by atomic mass is 16.5. The second-order valence-electron chi connectivity index (χ2n) is 10.1. The number of hydrogen-bond donors (Lipinski definition) is 1. The van der Waals surface area contributed by atoms with Gasteiger partial charge in [-0.25, -0.2) is 4.79 Å². The average molecular weight is 455 g/mol. The van der Waals surface area contributed by atoms with Gasteiger partial charge in [0, 0.05) is 57.1 Å². The number of anilines is 1. The molecule has 0 radical (unpaired) electrons. The molecule has 1 aromatic heterocycles. The van der Waals surface area contributed by atoms with Gasteiger partial charge >= 0.3 is 5.97 Å². The van der Waals surface area contributed by atoms with Crippen LogP contribution in [-0.4, -0.2) is 49.1 Å². The molecule has 1 aromatic carbocycles. The quantitative estimate of drug-likeness (QED) is 0.626. The highest BCUT2D eigenvalue weighted by Crippen LogP contribution is 2.46. The van der Waals surface area contributed by atoms with E-state index in [1.54, 1.807) is 7.11 Å². The topological polar surface area (TPSA) is 81.0 Å². The summed E-state index contributed by atoms with van der Waals surface area (Å²) in [6, 6.07) is 5.77. The molecule has 178 valence electrons. The van der Waals surface area contributed by atoms with Crippen molar-refractivity contribution in [2.45, 2.75) is 52.5 Å². The van der Waals surface area contributed by atoms with Crippen molar-refractivity contribution in [1.82, 2.24) is 4.57 Å². The molecule has 0 aliphatic carbocycles. The van der Waals surface area contributed by atoms with E-state index in [2.05, 4.69) is 37.8 Å². The van der Waals surface area contributed by atoms with Gasteiger partial charge < -0.3 is 24.0 Å². The molecule has 1 N–H and O–H groups in total. The molecule has 0 unspecified atom stereocenters. The standard InChI is InChI=1S/C26H34N2O5/c1-26(2,3)24-13-17-12-23(33-11-7-10-32-4)21(27-8-5-6-9-27)14-18(17)20-15-22(29)19(25(30)31)16-28(20)24/h12,14-16,24H,5-11,13H2,1-4H3,(H,30,31)/t24-/m1/s1. The molecule has 4 rings (SSSR count). The largest absolute Gasteiger partial charge is 0.491 e. The molecule has 2 aliphatic heterocycles. The smallest absolute Gasteiger partial charge is 0.341 e.